The number of nitrogens with one attached hydrogen (secondary N) is 1. The quantitative estimate of drug-likeness (QED) is 0.909. The average molecular weight is 290 g/mol. The number of carbonyl (C=O) groups excluding carboxylic acids is 1. The maximum absolute atomic E-state index is 13.9. The molecular weight excluding hydrogens is 274 g/mol. The molecule has 0 fully saturated rings. The first kappa shape index (κ1) is 15.1. The van der Waals surface area contributed by atoms with Crippen molar-refractivity contribution in [3.63, 3.8) is 0 Å². The molecule has 2 aromatic carbocycles. The molecule has 0 radical (unpaired) electrons. The van der Waals surface area contributed by atoms with Gasteiger partial charge in [0, 0.05) is 5.69 Å². The summed E-state index contributed by atoms with van der Waals surface area (Å²) in [5.74, 6) is -2.53. The van der Waals surface area contributed by atoms with Gasteiger partial charge < -0.3 is 11.1 Å². The topological polar surface area (TPSA) is 55.1 Å². The van der Waals surface area contributed by atoms with Crippen LogP contribution in [0, 0.1) is 18.6 Å². The highest BCUT2D eigenvalue weighted by atomic mass is 19.1. The average Bonchev–Trinajstić information content (AvgIpc) is 2.46. The number of nitrogens with two attached hydrogens (primary N) is 1. The fourth-order valence-electron chi connectivity index (χ4n) is 1.98. The van der Waals surface area contributed by atoms with Gasteiger partial charge in [-0.25, -0.2) is 8.78 Å². The number of hydrogen-bond acceptors (Lipinski definition) is 2. The summed E-state index contributed by atoms with van der Waals surface area (Å²) in [7, 11) is 0. The predicted molar refractivity (Wildman–Crippen MR) is 78.2 cm³/mol. The predicted octanol–water partition coefficient (Wildman–Crippen LogP) is 3.03. The highest BCUT2D eigenvalue weighted by molar-refractivity contribution is 6.04. The van der Waals surface area contributed by atoms with E-state index in [9.17, 15) is 13.6 Å². The SMILES string of the molecule is Cc1ccc(F)c(C(=O)Nc2ccc(CCN)cc2)c1F. The minimum atomic E-state index is -0.879. The third-order valence-corrected chi connectivity index (χ3v) is 3.16. The number of benzene rings is 2. The molecule has 0 heterocycles. The second-order valence-electron chi connectivity index (χ2n) is 4.74. The molecule has 0 atom stereocenters. The third-order valence-electron chi connectivity index (χ3n) is 3.16. The fraction of sp³-hybridized carbons (Fsp3) is 0.188. The summed E-state index contributed by atoms with van der Waals surface area (Å²) in [4.78, 5) is 12.0. The molecule has 0 aliphatic rings. The van der Waals surface area contributed by atoms with E-state index >= 15 is 0 Å². The molecule has 3 N–H and O–H groups in total. The molecule has 110 valence electrons. The van der Waals surface area contributed by atoms with Gasteiger partial charge in [-0.05, 0) is 49.2 Å². The van der Waals surface area contributed by atoms with Gasteiger partial charge in [0.15, 0.2) is 0 Å². The van der Waals surface area contributed by atoms with Crippen LogP contribution in [0.15, 0.2) is 36.4 Å². The molecule has 21 heavy (non-hydrogen) atoms. The molecule has 0 aromatic heterocycles. The molecule has 3 nitrogen and oxygen atoms in total. The van der Waals surface area contributed by atoms with Crippen LogP contribution in [-0.4, -0.2) is 12.5 Å². The first-order valence-corrected chi connectivity index (χ1v) is 6.58. The summed E-state index contributed by atoms with van der Waals surface area (Å²) in [6.45, 7) is 2.01. The maximum Gasteiger partial charge on any atom is 0.261 e. The number of aryl methyl sites for hydroxylation is 1. The minimum Gasteiger partial charge on any atom is -0.330 e. The van der Waals surface area contributed by atoms with Crippen molar-refractivity contribution < 1.29 is 13.6 Å². The van der Waals surface area contributed by atoms with Crippen molar-refractivity contribution in [1.29, 1.82) is 0 Å². The van der Waals surface area contributed by atoms with E-state index in [0.29, 0.717) is 12.2 Å². The van der Waals surface area contributed by atoms with Crippen LogP contribution in [0.1, 0.15) is 21.5 Å². The summed E-state index contributed by atoms with van der Waals surface area (Å²) in [6, 6.07) is 9.35. The van der Waals surface area contributed by atoms with Gasteiger partial charge in [-0.2, -0.15) is 0 Å². The second kappa shape index (κ2) is 6.45. The third kappa shape index (κ3) is 3.44. The Morgan fingerprint density at radius 2 is 1.81 bits per heavy atom. The summed E-state index contributed by atoms with van der Waals surface area (Å²) in [6.07, 6.45) is 0.732. The van der Waals surface area contributed by atoms with Crippen molar-refractivity contribution in [3.8, 4) is 0 Å². The van der Waals surface area contributed by atoms with E-state index in [2.05, 4.69) is 5.32 Å². The fourth-order valence-corrected chi connectivity index (χ4v) is 1.98. The lowest BCUT2D eigenvalue weighted by molar-refractivity contribution is 0.101. The summed E-state index contributed by atoms with van der Waals surface area (Å²) >= 11 is 0. The normalized spacial score (nSPS) is 10.5. The number of hydrogen-bond donors (Lipinski definition) is 2. The lowest BCUT2D eigenvalue weighted by atomic mass is 10.1. The molecule has 0 saturated carbocycles. The molecule has 0 saturated heterocycles. The maximum atomic E-state index is 13.9. The van der Waals surface area contributed by atoms with Gasteiger partial charge >= 0.3 is 0 Å². The first-order valence-electron chi connectivity index (χ1n) is 6.58. The van der Waals surface area contributed by atoms with Crippen molar-refractivity contribution in [2.45, 2.75) is 13.3 Å². The lowest BCUT2D eigenvalue weighted by Crippen LogP contribution is -2.16. The van der Waals surface area contributed by atoms with Crippen LogP contribution < -0.4 is 11.1 Å². The molecular formula is C16H16F2N2O. The van der Waals surface area contributed by atoms with Crippen molar-refractivity contribution >= 4 is 11.6 Å². The molecule has 2 rings (SSSR count). The Morgan fingerprint density at radius 3 is 2.43 bits per heavy atom. The van der Waals surface area contributed by atoms with E-state index in [1.165, 1.54) is 13.0 Å². The monoisotopic (exact) mass is 290 g/mol. The number of carbonyl (C=O) groups is 1. The smallest absolute Gasteiger partial charge is 0.261 e. The Kier molecular flexibility index (Phi) is 4.65. The second-order valence-corrected chi connectivity index (χ2v) is 4.74. The Morgan fingerprint density at radius 1 is 1.14 bits per heavy atom. The van der Waals surface area contributed by atoms with Crippen LogP contribution in [0.2, 0.25) is 0 Å². The Labute approximate surface area is 121 Å². The zero-order valence-corrected chi connectivity index (χ0v) is 11.6. The first-order chi connectivity index (χ1) is 10.0. The standard InChI is InChI=1S/C16H16F2N2O/c1-10-2-7-13(17)14(15(10)18)16(21)20-12-5-3-11(4-6-12)8-9-19/h2-7H,8-9,19H2,1H3,(H,20,21). The van der Waals surface area contributed by atoms with Crippen molar-refractivity contribution in [1.82, 2.24) is 0 Å². The molecule has 5 heteroatoms. The lowest BCUT2D eigenvalue weighted by Gasteiger charge is -2.09. The van der Waals surface area contributed by atoms with E-state index < -0.39 is 23.1 Å². The Bertz CT molecular complexity index is 654. The van der Waals surface area contributed by atoms with Gasteiger partial charge in [0.2, 0.25) is 0 Å². The van der Waals surface area contributed by atoms with E-state index in [1.807, 2.05) is 12.1 Å². The van der Waals surface area contributed by atoms with Crippen LogP contribution in [-0.2, 0) is 6.42 Å². The van der Waals surface area contributed by atoms with Crippen molar-refractivity contribution in [2.75, 3.05) is 11.9 Å². The Hall–Kier alpha value is -2.27. The van der Waals surface area contributed by atoms with E-state index in [1.54, 1.807) is 12.1 Å². The minimum absolute atomic E-state index is 0.222. The molecule has 1 amide bonds. The highest BCUT2D eigenvalue weighted by Gasteiger charge is 2.19. The number of anilines is 1. The summed E-state index contributed by atoms with van der Waals surface area (Å²) < 4.78 is 27.5. The van der Waals surface area contributed by atoms with Gasteiger partial charge in [0.05, 0.1) is 0 Å². The molecule has 0 unspecified atom stereocenters. The molecule has 2 aromatic rings. The van der Waals surface area contributed by atoms with Gasteiger partial charge in [0.25, 0.3) is 5.91 Å². The van der Waals surface area contributed by atoms with E-state index in [-0.39, 0.29) is 5.56 Å². The van der Waals surface area contributed by atoms with Gasteiger partial charge in [-0.15, -0.1) is 0 Å². The molecule has 0 aliphatic heterocycles. The molecule has 0 spiro atoms. The zero-order valence-electron chi connectivity index (χ0n) is 11.6. The highest BCUT2D eigenvalue weighted by Crippen LogP contribution is 2.18. The van der Waals surface area contributed by atoms with Crippen molar-refractivity contribution in [3.05, 3.63) is 64.7 Å². The van der Waals surface area contributed by atoms with Crippen molar-refractivity contribution in [2.24, 2.45) is 5.73 Å². The van der Waals surface area contributed by atoms with Crippen LogP contribution in [0.4, 0.5) is 14.5 Å². The Balaban J connectivity index is 2.20. The summed E-state index contributed by atoms with van der Waals surface area (Å²) in [5, 5.41) is 2.49. The van der Waals surface area contributed by atoms with Crippen LogP contribution in [0.5, 0.6) is 0 Å². The zero-order chi connectivity index (χ0) is 15.4. The molecule has 0 bridgehead atoms. The van der Waals surface area contributed by atoms with Crippen LogP contribution in [0.25, 0.3) is 0 Å². The van der Waals surface area contributed by atoms with Gasteiger partial charge in [-0.1, -0.05) is 18.2 Å². The largest absolute Gasteiger partial charge is 0.330 e. The van der Waals surface area contributed by atoms with E-state index in [4.69, 9.17) is 5.73 Å². The van der Waals surface area contributed by atoms with Gasteiger partial charge in [-0.3, -0.25) is 4.79 Å². The summed E-state index contributed by atoms with van der Waals surface area (Å²) in [5.41, 5.74) is 6.61. The molecule has 0 aliphatic carbocycles. The van der Waals surface area contributed by atoms with Gasteiger partial charge in [0.1, 0.15) is 17.2 Å². The number of halogens is 2. The number of rotatable bonds is 4. The number of amides is 1. The van der Waals surface area contributed by atoms with E-state index in [0.717, 1.165) is 18.1 Å². The van der Waals surface area contributed by atoms with Crippen LogP contribution in [0.3, 0.4) is 0 Å². The van der Waals surface area contributed by atoms with Crippen LogP contribution >= 0.6 is 0 Å².